The van der Waals surface area contributed by atoms with Crippen molar-refractivity contribution < 1.29 is 29.0 Å². The summed E-state index contributed by atoms with van der Waals surface area (Å²) in [5.41, 5.74) is 1.46. The summed E-state index contributed by atoms with van der Waals surface area (Å²) in [5, 5.41) is 14.3. The second kappa shape index (κ2) is 11.8. The van der Waals surface area contributed by atoms with E-state index in [-0.39, 0.29) is 23.6 Å². The van der Waals surface area contributed by atoms with Crippen molar-refractivity contribution in [1.29, 1.82) is 0 Å². The number of nitrogens with one attached hydrogen (secondary N) is 2. The highest BCUT2D eigenvalue weighted by molar-refractivity contribution is 8.00. The van der Waals surface area contributed by atoms with Gasteiger partial charge in [0, 0.05) is 16.3 Å². The molecule has 0 aliphatic carbocycles. The third-order valence-corrected chi connectivity index (χ3v) is 5.97. The van der Waals surface area contributed by atoms with Crippen molar-refractivity contribution in [2.45, 2.75) is 24.0 Å². The van der Waals surface area contributed by atoms with Crippen LogP contribution in [0.1, 0.15) is 44.9 Å². The number of amides is 2. The number of hydrogen-bond donors (Lipinski definition) is 3. The average Bonchev–Trinajstić information content (AvgIpc) is 2.85. The smallest absolute Gasteiger partial charge is 0.338 e. The summed E-state index contributed by atoms with van der Waals surface area (Å²) in [5.74, 6) is -2.32. The zero-order valence-electron chi connectivity index (χ0n) is 19.1. The maximum atomic E-state index is 12.6. The van der Waals surface area contributed by atoms with Crippen LogP contribution in [0, 0.1) is 0 Å². The molecular weight excluding hydrogens is 468 g/mol. The van der Waals surface area contributed by atoms with Crippen LogP contribution in [0.5, 0.6) is 0 Å². The lowest BCUT2D eigenvalue weighted by Crippen LogP contribution is -2.22. The molecule has 2 amide bonds. The average molecular weight is 493 g/mol. The number of carbonyl (C=O) groups is 4. The Labute approximate surface area is 206 Å². The summed E-state index contributed by atoms with van der Waals surface area (Å²) in [4.78, 5) is 48.9. The molecule has 9 heteroatoms. The second-order valence-corrected chi connectivity index (χ2v) is 8.79. The number of thioether (sulfide) groups is 1. The molecule has 3 N–H and O–H groups in total. The van der Waals surface area contributed by atoms with Gasteiger partial charge in [0.15, 0.2) is 0 Å². The van der Waals surface area contributed by atoms with Crippen LogP contribution >= 0.6 is 11.8 Å². The van der Waals surface area contributed by atoms with Gasteiger partial charge in [0.1, 0.15) is 0 Å². The van der Waals surface area contributed by atoms with Gasteiger partial charge in [-0.2, -0.15) is 0 Å². The number of ether oxygens (including phenoxy) is 1. The van der Waals surface area contributed by atoms with E-state index in [4.69, 9.17) is 4.74 Å². The normalized spacial score (nSPS) is 11.3. The molecule has 8 nitrogen and oxygen atoms in total. The Hall–Kier alpha value is -4.11. The Kier molecular flexibility index (Phi) is 8.63. The van der Waals surface area contributed by atoms with Crippen LogP contribution in [0.15, 0.2) is 77.7 Å². The summed E-state index contributed by atoms with van der Waals surface area (Å²) in [6.07, 6.45) is 0. The summed E-state index contributed by atoms with van der Waals surface area (Å²) >= 11 is 1.34. The van der Waals surface area contributed by atoms with E-state index in [0.29, 0.717) is 16.9 Å². The van der Waals surface area contributed by atoms with Gasteiger partial charge in [0.25, 0.3) is 5.91 Å². The topological polar surface area (TPSA) is 122 Å². The number of rotatable bonds is 9. The van der Waals surface area contributed by atoms with Gasteiger partial charge in [0.05, 0.1) is 28.5 Å². The lowest BCUT2D eigenvalue weighted by Gasteiger charge is -2.13. The maximum absolute atomic E-state index is 12.6. The minimum absolute atomic E-state index is 0.0685. The van der Waals surface area contributed by atoms with Gasteiger partial charge in [0.2, 0.25) is 5.91 Å². The monoisotopic (exact) mass is 492 g/mol. The molecule has 0 bridgehead atoms. The van der Waals surface area contributed by atoms with Crippen molar-refractivity contribution in [1.82, 2.24) is 0 Å². The molecule has 0 aromatic heterocycles. The van der Waals surface area contributed by atoms with E-state index in [2.05, 4.69) is 10.6 Å². The molecule has 1 atom stereocenters. The van der Waals surface area contributed by atoms with Gasteiger partial charge in [-0.25, -0.2) is 9.59 Å². The molecule has 1 unspecified atom stereocenters. The SMILES string of the molecule is CCOC(=O)c1ccc(NC(=O)C(C)Sc2ccc(NC(=O)c3ccccc3C(=O)O)cc2)cc1. The van der Waals surface area contributed by atoms with Crippen LogP contribution in [-0.2, 0) is 9.53 Å². The molecule has 0 spiro atoms. The number of carboxylic acid groups (broad SMARTS) is 1. The number of hydrogen-bond acceptors (Lipinski definition) is 6. The Balaban J connectivity index is 1.56. The van der Waals surface area contributed by atoms with Crippen molar-refractivity contribution in [2.24, 2.45) is 0 Å². The van der Waals surface area contributed by atoms with Crippen molar-refractivity contribution in [3.63, 3.8) is 0 Å². The zero-order chi connectivity index (χ0) is 25.4. The third-order valence-electron chi connectivity index (χ3n) is 4.86. The summed E-state index contributed by atoms with van der Waals surface area (Å²) < 4.78 is 4.94. The van der Waals surface area contributed by atoms with Crippen LogP contribution in [0.3, 0.4) is 0 Å². The lowest BCUT2D eigenvalue weighted by molar-refractivity contribution is -0.115. The van der Waals surface area contributed by atoms with Gasteiger partial charge in [-0.1, -0.05) is 12.1 Å². The zero-order valence-corrected chi connectivity index (χ0v) is 19.9. The number of anilines is 2. The molecule has 35 heavy (non-hydrogen) atoms. The molecule has 0 saturated heterocycles. The molecule has 0 fully saturated rings. The van der Waals surface area contributed by atoms with Crippen LogP contribution in [-0.4, -0.2) is 40.7 Å². The summed E-state index contributed by atoms with van der Waals surface area (Å²) in [6.45, 7) is 3.79. The number of aromatic carboxylic acids is 1. The van der Waals surface area contributed by atoms with E-state index in [0.717, 1.165) is 4.90 Å². The van der Waals surface area contributed by atoms with Crippen molar-refractivity contribution in [3.8, 4) is 0 Å². The molecule has 0 aliphatic rings. The van der Waals surface area contributed by atoms with Crippen LogP contribution in [0.4, 0.5) is 11.4 Å². The van der Waals surface area contributed by atoms with Crippen LogP contribution in [0.2, 0.25) is 0 Å². The number of carbonyl (C=O) groups excluding carboxylic acids is 3. The van der Waals surface area contributed by atoms with Gasteiger partial charge in [-0.15, -0.1) is 11.8 Å². The van der Waals surface area contributed by atoms with Crippen LogP contribution in [0.25, 0.3) is 0 Å². The predicted molar refractivity (Wildman–Crippen MR) is 134 cm³/mol. The first-order chi connectivity index (χ1) is 16.8. The van der Waals surface area contributed by atoms with Crippen molar-refractivity contribution in [3.05, 3.63) is 89.5 Å². The van der Waals surface area contributed by atoms with Crippen molar-refractivity contribution >= 4 is 46.9 Å². The second-order valence-electron chi connectivity index (χ2n) is 7.38. The molecule has 3 rings (SSSR count). The highest BCUT2D eigenvalue weighted by Gasteiger charge is 2.17. The molecule has 0 aliphatic heterocycles. The Bertz CT molecular complexity index is 1230. The minimum Gasteiger partial charge on any atom is -0.478 e. The number of carboxylic acids is 1. The quantitative estimate of drug-likeness (QED) is 0.286. The molecular formula is C26H24N2O6S. The van der Waals surface area contributed by atoms with E-state index in [1.165, 1.54) is 23.9 Å². The van der Waals surface area contributed by atoms with E-state index in [1.54, 1.807) is 74.5 Å². The highest BCUT2D eigenvalue weighted by atomic mass is 32.2. The van der Waals surface area contributed by atoms with Crippen molar-refractivity contribution in [2.75, 3.05) is 17.2 Å². The minimum atomic E-state index is -1.18. The first-order valence-electron chi connectivity index (χ1n) is 10.8. The van der Waals surface area contributed by atoms with E-state index < -0.39 is 23.1 Å². The predicted octanol–water partition coefficient (Wildman–Crippen LogP) is 4.93. The Morgan fingerprint density at radius 2 is 1.43 bits per heavy atom. The molecule has 0 saturated carbocycles. The lowest BCUT2D eigenvalue weighted by atomic mass is 10.1. The third kappa shape index (κ3) is 6.94. The van der Waals surface area contributed by atoms with Crippen LogP contribution < -0.4 is 10.6 Å². The number of benzene rings is 3. The molecule has 180 valence electrons. The molecule has 0 heterocycles. The summed E-state index contributed by atoms with van der Waals surface area (Å²) in [7, 11) is 0. The highest BCUT2D eigenvalue weighted by Crippen LogP contribution is 2.26. The van der Waals surface area contributed by atoms with Gasteiger partial charge < -0.3 is 20.5 Å². The fraction of sp³-hybridized carbons (Fsp3) is 0.154. The molecule has 0 radical (unpaired) electrons. The fourth-order valence-corrected chi connectivity index (χ4v) is 3.96. The van der Waals surface area contributed by atoms with Gasteiger partial charge in [-0.05, 0) is 74.5 Å². The van der Waals surface area contributed by atoms with E-state index in [1.807, 2.05) is 0 Å². The van der Waals surface area contributed by atoms with Gasteiger partial charge in [-0.3, -0.25) is 9.59 Å². The first kappa shape index (κ1) is 25.5. The largest absolute Gasteiger partial charge is 0.478 e. The molecule has 3 aromatic carbocycles. The fourth-order valence-electron chi connectivity index (χ4n) is 3.09. The number of esters is 1. The van der Waals surface area contributed by atoms with E-state index in [9.17, 15) is 24.3 Å². The Morgan fingerprint density at radius 1 is 0.857 bits per heavy atom. The summed E-state index contributed by atoms with van der Waals surface area (Å²) in [6, 6.07) is 19.3. The standard InChI is InChI=1S/C26H24N2O6S/c1-3-34-26(33)17-8-10-18(11-9-17)27-23(29)16(2)35-20-14-12-19(13-15-20)28-24(30)21-6-4-5-7-22(21)25(31)32/h4-16H,3H2,1-2H3,(H,27,29)(H,28,30)(H,31,32). The maximum Gasteiger partial charge on any atom is 0.338 e. The van der Waals surface area contributed by atoms with E-state index >= 15 is 0 Å². The molecule has 3 aromatic rings. The van der Waals surface area contributed by atoms with Gasteiger partial charge >= 0.3 is 11.9 Å². The first-order valence-corrected chi connectivity index (χ1v) is 11.6. The Morgan fingerprint density at radius 3 is 2.03 bits per heavy atom.